The van der Waals surface area contributed by atoms with Gasteiger partial charge in [-0.1, -0.05) is 72.8 Å². The highest BCUT2D eigenvalue weighted by molar-refractivity contribution is 7.33. The molecule has 0 aliphatic carbocycles. The first-order chi connectivity index (χ1) is 21.9. The molecule has 0 N–H and O–H groups in total. The third kappa shape index (κ3) is 3.33. The van der Waals surface area contributed by atoms with E-state index in [9.17, 15) is 15.8 Å². The molecule has 0 spiro atoms. The molecular weight excluding hydrogens is 593 g/mol. The zero-order valence-corrected chi connectivity index (χ0v) is 25.7. The molecule has 1 aliphatic heterocycles. The van der Waals surface area contributed by atoms with Crippen LogP contribution in [0.1, 0.15) is 18.7 Å². The summed E-state index contributed by atoms with van der Waals surface area (Å²) in [7, 11) is 0. The lowest BCUT2D eigenvalue weighted by Gasteiger charge is -2.20. The number of allylic oxidation sites excluding steroid dienone is 2. The normalized spacial score (nSPS) is 15.0. The summed E-state index contributed by atoms with van der Waals surface area (Å²) in [5, 5.41) is 38.8. The van der Waals surface area contributed by atoms with E-state index < -0.39 is 5.60 Å². The van der Waals surface area contributed by atoms with Gasteiger partial charge in [0.25, 0.3) is 0 Å². The van der Waals surface area contributed by atoms with Crippen molar-refractivity contribution in [3.63, 3.8) is 0 Å². The quantitative estimate of drug-likeness (QED) is 0.182. The molecule has 45 heavy (non-hydrogen) atoms. The Hall–Kier alpha value is -5.65. The Morgan fingerprint density at radius 2 is 1.51 bits per heavy atom. The summed E-state index contributed by atoms with van der Waals surface area (Å²) < 4.78 is 10.9. The number of hydrogen-bond donors (Lipinski definition) is 0. The smallest absolute Gasteiger partial charge is 0.172 e. The van der Waals surface area contributed by atoms with Gasteiger partial charge in [-0.15, -0.1) is 22.7 Å². The molecule has 0 bridgehead atoms. The van der Waals surface area contributed by atoms with Crippen LogP contribution < -0.4 is 0 Å². The topological polar surface area (TPSA) is 85.0 Å². The van der Waals surface area contributed by atoms with E-state index in [0.29, 0.717) is 5.57 Å². The highest BCUT2D eigenvalue weighted by Crippen LogP contribution is 2.49. The van der Waals surface area contributed by atoms with Gasteiger partial charge in [0.2, 0.25) is 0 Å². The van der Waals surface area contributed by atoms with E-state index >= 15 is 0 Å². The third-order valence-corrected chi connectivity index (χ3v) is 11.3. The summed E-state index contributed by atoms with van der Waals surface area (Å²) in [6.07, 6.45) is 3.90. The second-order valence-corrected chi connectivity index (χ2v) is 13.9. The second-order valence-electron chi connectivity index (χ2n) is 11.8. The van der Waals surface area contributed by atoms with Crippen molar-refractivity contribution in [3.8, 4) is 18.2 Å². The molecule has 0 saturated carbocycles. The van der Waals surface area contributed by atoms with Gasteiger partial charge in [-0.2, -0.15) is 15.8 Å². The summed E-state index contributed by atoms with van der Waals surface area (Å²) in [5.74, 6) is 0.0536. The van der Waals surface area contributed by atoms with E-state index in [-0.39, 0.29) is 16.9 Å². The Bertz CT molecular complexity index is 2810. The molecule has 8 aromatic rings. The molecular formula is C38H20N4OS2. The van der Waals surface area contributed by atoms with Crippen molar-refractivity contribution in [3.05, 3.63) is 106 Å². The minimum Gasteiger partial charge on any atom is -0.480 e. The molecule has 9 rings (SSSR count). The lowest BCUT2D eigenvalue weighted by molar-refractivity contribution is 0.0954. The van der Waals surface area contributed by atoms with Gasteiger partial charge in [0.05, 0.1) is 15.7 Å². The highest BCUT2D eigenvalue weighted by atomic mass is 32.1. The first-order valence-electron chi connectivity index (χ1n) is 14.4. The predicted octanol–water partition coefficient (Wildman–Crippen LogP) is 10.4. The van der Waals surface area contributed by atoms with Crippen LogP contribution in [-0.2, 0) is 4.74 Å². The third-order valence-electron chi connectivity index (χ3n) is 8.97. The monoisotopic (exact) mass is 612 g/mol. The van der Waals surface area contributed by atoms with Gasteiger partial charge in [-0.05, 0) is 42.1 Å². The molecule has 210 valence electrons. The summed E-state index contributed by atoms with van der Waals surface area (Å²) in [6.45, 7) is 3.69. The van der Waals surface area contributed by atoms with Gasteiger partial charge in [-0.25, -0.2) is 0 Å². The van der Waals surface area contributed by atoms with Gasteiger partial charge in [0.1, 0.15) is 34.2 Å². The van der Waals surface area contributed by atoms with E-state index in [0.717, 1.165) is 4.88 Å². The Morgan fingerprint density at radius 3 is 2.31 bits per heavy atom. The average molecular weight is 613 g/mol. The Kier molecular flexibility index (Phi) is 5.13. The summed E-state index contributed by atoms with van der Waals surface area (Å²) in [6, 6.07) is 32.4. The number of aromatic nitrogens is 1. The molecule has 0 unspecified atom stereocenters. The van der Waals surface area contributed by atoms with Gasteiger partial charge in [-0.3, -0.25) is 4.40 Å². The first kappa shape index (κ1) is 25.8. The number of hydrogen-bond acceptors (Lipinski definition) is 6. The van der Waals surface area contributed by atoms with Crippen LogP contribution in [0.5, 0.6) is 0 Å². The molecule has 5 heterocycles. The minimum absolute atomic E-state index is 0.0536. The van der Waals surface area contributed by atoms with Gasteiger partial charge < -0.3 is 4.74 Å². The maximum atomic E-state index is 9.96. The number of nitriles is 3. The molecule has 0 amide bonds. The lowest BCUT2D eigenvalue weighted by atomic mass is 9.94. The first-order valence-corrected chi connectivity index (χ1v) is 16.1. The van der Waals surface area contributed by atoms with Gasteiger partial charge in [0, 0.05) is 42.1 Å². The Morgan fingerprint density at radius 1 is 0.778 bits per heavy atom. The minimum atomic E-state index is -0.855. The number of nitrogens with zero attached hydrogens (tertiary/aromatic N) is 4. The average Bonchev–Trinajstić information content (AvgIpc) is 3.77. The van der Waals surface area contributed by atoms with Crippen LogP contribution >= 0.6 is 22.7 Å². The molecule has 4 aromatic heterocycles. The van der Waals surface area contributed by atoms with Crippen LogP contribution in [0.15, 0.2) is 101 Å². The zero-order valence-electron chi connectivity index (χ0n) is 24.1. The molecule has 0 fully saturated rings. The molecule has 0 atom stereocenters. The maximum absolute atomic E-state index is 9.96. The fourth-order valence-electron chi connectivity index (χ4n) is 7.07. The van der Waals surface area contributed by atoms with E-state index in [2.05, 4.69) is 83.3 Å². The van der Waals surface area contributed by atoms with Crippen LogP contribution in [0, 0.1) is 34.0 Å². The number of pyridine rings is 1. The molecule has 7 heteroatoms. The fraction of sp³-hybridized carbons (Fsp3) is 0.0789. The van der Waals surface area contributed by atoms with Gasteiger partial charge >= 0.3 is 0 Å². The van der Waals surface area contributed by atoms with E-state index in [4.69, 9.17) is 4.74 Å². The number of benzene rings is 4. The summed E-state index contributed by atoms with van der Waals surface area (Å²) in [4.78, 5) is 2.29. The van der Waals surface area contributed by atoms with Crippen LogP contribution in [0.3, 0.4) is 0 Å². The SMILES string of the molecule is CC1(C)OC(=C(C#N)C#N)C(C#N)=C1/C=C/c1cc2sc3c(c4cccc5ccc6c7ccc8ccccc8c7n3c6c54)c2s1. The van der Waals surface area contributed by atoms with E-state index in [1.807, 2.05) is 49.5 Å². The molecule has 4 aromatic carbocycles. The van der Waals surface area contributed by atoms with Crippen molar-refractivity contribution in [2.75, 3.05) is 0 Å². The number of fused-ring (bicyclic) bond motifs is 10. The summed E-state index contributed by atoms with van der Waals surface area (Å²) >= 11 is 3.55. The largest absolute Gasteiger partial charge is 0.480 e. The standard InChI is InChI=1S/C38H20N4OS2/c1-38(2)29(28(19-41)35(43-38)22(17-39)18-40)15-12-23-16-30-36(44-23)32-27-9-5-7-21-11-14-26-25-13-10-20-6-3-4-8-24(20)33(25)42(37(32)45-30)34(26)31(21)27/h3-16H,1-2H3/b15-12+. The maximum Gasteiger partial charge on any atom is 0.172 e. The lowest BCUT2D eigenvalue weighted by Crippen LogP contribution is -2.20. The van der Waals surface area contributed by atoms with Crippen LogP contribution in [-0.4, -0.2) is 10.0 Å². The van der Waals surface area contributed by atoms with Crippen molar-refractivity contribution < 1.29 is 4.74 Å². The zero-order chi connectivity index (χ0) is 30.6. The van der Waals surface area contributed by atoms with Crippen molar-refractivity contribution in [1.29, 1.82) is 15.8 Å². The van der Waals surface area contributed by atoms with E-state index in [1.54, 1.807) is 11.3 Å². The fourth-order valence-corrected chi connectivity index (χ4v) is 9.65. The van der Waals surface area contributed by atoms with Crippen molar-refractivity contribution in [1.82, 2.24) is 4.40 Å². The van der Waals surface area contributed by atoms with Crippen LogP contribution in [0.4, 0.5) is 0 Å². The van der Waals surface area contributed by atoms with Gasteiger partial charge in [0.15, 0.2) is 11.3 Å². The van der Waals surface area contributed by atoms with Crippen molar-refractivity contribution in [2.24, 2.45) is 0 Å². The number of rotatable bonds is 2. The molecule has 0 saturated heterocycles. The molecule has 1 aliphatic rings. The predicted molar refractivity (Wildman–Crippen MR) is 184 cm³/mol. The number of ether oxygens (including phenoxy) is 1. The van der Waals surface area contributed by atoms with Crippen molar-refractivity contribution in [2.45, 2.75) is 19.4 Å². The van der Waals surface area contributed by atoms with Crippen LogP contribution in [0.2, 0.25) is 0 Å². The molecule has 0 radical (unpaired) electrons. The number of thiophene rings is 2. The Labute approximate surface area is 264 Å². The highest BCUT2D eigenvalue weighted by Gasteiger charge is 2.38. The Balaban J connectivity index is 1.33. The summed E-state index contributed by atoms with van der Waals surface area (Å²) in [5.41, 5.74) is 2.34. The molecule has 5 nitrogen and oxygen atoms in total. The van der Waals surface area contributed by atoms with E-state index in [1.165, 1.54) is 68.4 Å². The van der Waals surface area contributed by atoms with Crippen molar-refractivity contribution >= 4 is 97.1 Å². The van der Waals surface area contributed by atoms with Crippen LogP contribution in [0.25, 0.3) is 74.4 Å². The second kappa shape index (κ2) is 8.94.